The summed E-state index contributed by atoms with van der Waals surface area (Å²) in [4.78, 5) is 37.8. The molecular weight excluding hydrogens is 326 g/mol. The standard InChI is InChI=1S/C16H17N5O4/c1-11(22)19-6-8-20(9-7-19)16(23)14-10-17-18-15(14)12-2-4-13(5-3-12)21(24)25/h2-5,10H,6-9H2,1H3,(H,17,18). The molecule has 1 aromatic carbocycles. The van der Waals surface area contributed by atoms with E-state index in [2.05, 4.69) is 10.2 Å². The van der Waals surface area contributed by atoms with Gasteiger partial charge in [-0.3, -0.25) is 24.8 Å². The average molecular weight is 343 g/mol. The molecule has 0 aliphatic carbocycles. The molecule has 2 aromatic rings. The van der Waals surface area contributed by atoms with Crippen LogP contribution < -0.4 is 0 Å². The van der Waals surface area contributed by atoms with Crippen molar-refractivity contribution < 1.29 is 14.5 Å². The van der Waals surface area contributed by atoms with Gasteiger partial charge in [-0.1, -0.05) is 0 Å². The average Bonchev–Trinajstić information content (AvgIpc) is 3.11. The van der Waals surface area contributed by atoms with Crippen molar-refractivity contribution in [1.29, 1.82) is 0 Å². The molecule has 3 rings (SSSR count). The summed E-state index contributed by atoms with van der Waals surface area (Å²) in [7, 11) is 0. The summed E-state index contributed by atoms with van der Waals surface area (Å²) in [6, 6.07) is 5.93. The minimum atomic E-state index is -0.475. The van der Waals surface area contributed by atoms with Crippen molar-refractivity contribution in [2.24, 2.45) is 0 Å². The van der Waals surface area contributed by atoms with E-state index < -0.39 is 4.92 Å². The lowest BCUT2D eigenvalue weighted by Crippen LogP contribution is -2.50. The van der Waals surface area contributed by atoms with Crippen molar-refractivity contribution in [2.75, 3.05) is 26.2 Å². The Labute approximate surface area is 143 Å². The highest BCUT2D eigenvalue weighted by atomic mass is 16.6. The van der Waals surface area contributed by atoms with E-state index in [9.17, 15) is 19.7 Å². The Hall–Kier alpha value is -3.23. The predicted octanol–water partition coefficient (Wildman–Crippen LogP) is 1.29. The van der Waals surface area contributed by atoms with E-state index in [0.717, 1.165) is 0 Å². The van der Waals surface area contributed by atoms with Gasteiger partial charge in [-0.15, -0.1) is 0 Å². The number of rotatable bonds is 3. The SMILES string of the molecule is CC(=O)N1CCN(C(=O)c2cn[nH]c2-c2ccc([N+](=O)[O-])cc2)CC1. The number of nitro groups is 1. The molecule has 0 spiro atoms. The molecule has 1 aliphatic heterocycles. The fourth-order valence-corrected chi connectivity index (χ4v) is 2.81. The zero-order valence-electron chi connectivity index (χ0n) is 13.6. The van der Waals surface area contributed by atoms with Crippen LogP contribution in [0.4, 0.5) is 5.69 Å². The third-order valence-corrected chi connectivity index (χ3v) is 4.25. The first-order valence-electron chi connectivity index (χ1n) is 7.80. The molecule has 2 heterocycles. The Bertz CT molecular complexity index is 806. The Kier molecular flexibility index (Phi) is 4.46. The maximum Gasteiger partial charge on any atom is 0.269 e. The summed E-state index contributed by atoms with van der Waals surface area (Å²) in [5, 5.41) is 17.5. The van der Waals surface area contributed by atoms with Gasteiger partial charge in [-0.25, -0.2) is 0 Å². The molecule has 1 aliphatic rings. The Morgan fingerprint density at radius 3 is 2.28 bits per heavy atom. The first-order chi connectivity index (χ1) is 12.0. The second-order valence-electron chi connectivity index (χ2n) is 5.76. The molecule has 25 heavy (non-hydrogen) atoms. The number of nitrogens with one attached hydrogen (secondary N) is 1. The molecule has 130 valence electrons. The first-order valence-corrected chi connectivity index (χ1v) is 7.80. The number of H-pyrrole nitrogens is 1. The van der Waals surface area contributed by atoms with Crippen molar-refractivity contribution in [3.05, 3.63) is 46.1 Å². The highest BCUT2D eigenvalue weighted by molar-refractivity contribution is 5.99. The summed E-state index contributed by atoms with van der Waals surface area (Å²) in [5.41, 5.74) is 1.56. The number of carbonyl (C=O) groups excluding carboxylic acids is 2. The monoisotopic (exact) mass is 343 g/mol. The minimum absolute atomic E-state index is 0.00183. The summed E-state index contributed by atoms with van der Waals surface area (Å²) in [6.45, 7) is 3.45. The molecular formula is C16H17N5O4. The molecule has 9 heteroatoms. The zero-order chi connectivity index (χ0) is 18.0. The van der Waals surface area contributed by atoms with Gasteiger partial charge in [-0.2, -0.15) is 5.10 Å². The molecule has 0 saturated carbocycles. The normalized spacial score (nSPS) is 14.4. The summed E-state index contributed by atoms with van der Waals surface area (Å²) < 4.78 is 0. The van der Waals surface area contributed by atoms with Crippen molar-refractivity contribution in [1.82, 2.24) is 20.0 Å². The van der Waals surface area contributed by atoms with Crippen LogP contribution in [0.1, 0.15) is 17.3 Å². The number of benzene rings is 1. The smallest absolute Gasteiger partial charge is 0.269 e. The fraction of sp³-hybridized carbons (Fsp3) is 0.312. The van der Waals surface area contributed by atoms with Crippen LogP contribution in [0.5, 0.6) is 0 Å². The fourth-order valence-electron chi connectivity index (χ4n) is 2.81. The molecule has 1 saturated heterocycles. The molecule has 0 unspecified atom stereocenters. The number of hydrogen-bond acceptors (Lipinski definition) is 5. The Morgan fingerprint density at radius 1 is 1.12 bits per heavy atom. The van der Waals surface area contributed by atoms with Gasteiger partial charge in [0, 0.05) is 50.8 Å². The number of hydrogen-bond donors (Lipinski definition) is 1. The molecule has 1 fully saturated rings. The van der Waals surface area contributed by atoms with Gasteiger partial charge in [-0.05, 0) is 12.1 Å². The van der Waals surface area contributed by atoms with Crippen molar-refractivity contribution in [3.63, 3.8) is 0 Å². The van der Waals surface area contributed by atoms with Crippen LogP contribution >= 0.6 is 0 Å². The number of piperazine rings is 1. The number of non-ortho nitro benzene ring substituents is 1. The minimum Gasteiger partial charge on any atom is -0.339 e. The third-order valence-electron chi connectivity index (χ3n) is 4.25. The van der Waals surface area contributed by atoms with Crippen LogP contribution in [0.3, 0.4) is 0 Å². The maximum atomic E-state index is 12.8. The molecule has 0 radical (unpaired) electrons. The van der Waals surface area contributed by atoms with Crippen LogP contribution in [0.15, 0.2) is 30.5 Å². The topological polar surface area (TPSA) is 112 Å². The van der Waals surface area contributed by atoms with E-state index in [1.54, 1.807) is 21.9 Å². The summed E-state index contributed by atoms with van der Waals surface area (Å²) >= 11 is 0. The largest absolute Gasteiger partial charge is 0.339 e. The second-order valence-corrected chi connectivity index (χ2v) is 5.76. The lowest BCUT2D eigenvalue weighted by molar-refractivity contribution is -0.384. The van der Waals surface area contributed by atoms with Gasteiger partial charge in [0.2, 0.25) is 5.91 Å². The van der Waals surface area contributed by atoms with Crippen LogP contribution in [0, 0.1) is 10.1 Å². The molecule has 0 bridgehead atoms. The zero-order valence-corrected chi connectivity index (χ0v) is 13.6. The highest BCUT2D eigenvalue weighted by Gasteiger charge is 2.26. The number of nitrogens with zero attached hydrogens (tertiary/aromatic N) is 4. The van der Waals surface area contributed by atoms with Crippen LogP contribution in [0.2, 0.25) is 0 Å². The summed E-state index contributed by atoms with van der Waals surface area (Å²) in [6.07, 6.45) is 1.45. The molecule has 0 atom stereocenters. The molecule has 2 amide bonds. The second kappa shape index (κ2) is 6.71. The maximum absolute atomic E-state index is 12.8. The Morgan fingerprint density at radius 2 is 1.72 bits per heavy atom. The van der Waals surface area contributed by atoms with E-state index in [4.69, 9.17) is 0 Å². The van der Waals surface area contributed by atoms with E-state index in [-0.39, 0.29) is 17.5 Å². The Balaban J connectivity index is 1.78. The number of carbonyl (C=O) groups is 2. The van der Waals surface area contributed by atoms with E-state index in [0.29, 0.717) is 43.0 Å². The van der Waals surface area contributed by atoms with Crippen LogP contribution in [0.25, 0.3) is 11.3 Å². The molecule has 1 N–H and O–H groups in total. The van der Waals surface area contributed by atoms with Crippen LogP contribution in [-0.2, 0) is 4.79 Å². The lowest BCUT2D eigenvalue weighted by Gasteiger charge is -2.34. The molecule has 1 aromatic heterocycles. The number of amides is 2. The summed E-state index contributed by atoms with van der Waals surface area (Å²) in [5.74, 6) is -0.174. The van der Waals surface area contributed by atoms with Gasteiger partial charge in [0.15, 0.2) is 0 Å². The number of nitro benzene ring substituents is 1. The van der Waals surface area contributed by atoms with Crippen molar-refractivity contribution >= 4 is 17.5 Å². The van der Waals surface area contributed by atoms with Gasteiger partial charge < -0.3 is 9.80 Å². The van der Waals surface area contributed by atoms with Gasteiger partial charge in [0.1, 0.15) is 0 Å². The third kappa shape index (κ3) is 3.35. The van der Waals surface area contributed by atoms with Crippen molar-refractivity contribution in [2.45, 2.75) is 6.92 Å². The highest BCUT2D eigenvalue weighted by Crippen LogP contribution is 2.25. The van der Waals surface area contributed by atoms with Gasteiger partial charge in [0.05, 0.1) is 22.4 Å². The quantitative estimate of drug-likeness (QED) is 0.666. The van der Waals surface area contributed by atoms with Crippen LogP contribution in [-0.4, -0.2) is 62.9 Å². The van der Waals surface area contributed by atoms with E-state index >= 15 is 0 Å². The lowest BCUT2D eigenvalue weighted by atomic mass is 10.1. The number of aromatic nitrogens is 2. The predicted molar refractivity (Wildman–Crippen MR) is 88.8 cm³/mol. The molecule has 9 nitrogen and oxygen atoms in total. The first kappa shape index (κ1) is 16.6. The van der Waals surface area contributed by atoms with E-state index in [1.807, 2.05) is 0 Å². The van der Waals surface area contributed by atoms with Gasteiger partial charge in [0.25, 0.3) is 11.6 Å². The number of aromatic amines is 1. The van der Waals surface area contributed by atoms with Crippen molar-refractivity contribution in [3.8, 4) is 11.3 Å². The van der Waals surface area contributed by atoms with Gasteiger partial charge >= 0.3 is 0 Å². The van der Waals surface area contributed by atoms with E-state index in [1.165, 1.54) is 25.3 Å².